The van der Waals surface area contributed by atoms with Crippen molar-refractivity contribution in [3.05, 3.63) is 30.0 Å². The van der Waals surface area contributed by atoms with E-state index >= 15 is 0 Å². The van der Waals surface area contributed by atoms with Crippen molar-refractivity contribution in [2.45, 2.75) is 13.3 Å². The van der Waals surface area contributed by atoms with Crippen LogP contribution in [0.3, 0.4) is 0 Å². The molecule has 0 aliphatic rings. The van der Waals surface area contributed by atoms with Gasteiger partial charge in [-0.15, -0.1) is 0 Å². The molecule has 3 nitrogen and oxygen atoms in total. The quantitative estimate of drug-likeness (QED) is 0.667. The lowest BCUT2D eigenvalue weighted by Gasteiger charge is -2.00. The van der Waals surface area contributed by atoms with Crippen LogP contribution in [0.25, 0.3) is 10.9 Å². The minimum Gasteiger partial charge on any atom is -0.508 e. The van der Waals surface area contributed by atoms with Gasteiger partial charge in [-0.25, -0.2) is 0 Å². The minimum absolute atomic E-state index is 0.326. The zero-order valence-corrected chi connectivity index (χ0v) is 8.88. The minimum atomic E-state index is 0.326. The lowest BCUT2D eigenvalue weighted by atomic mass is 10.1. The average molecular weight is 204 g/mol. The SMILES string of the molecule is CCNCCc1c[nH]c2ccc(O)cc12. The lowest BCUT2D eigenvalue weighted by molar-refractivity contribution is 0.476. The van der Waals surface area contributed by atoms with Crippen LogP contribution in [0, 0.1) is 0 Å². The zero-order chi connectivity index (χ0) is 10.7. The Kier molecular flexibility index (Phi) is 2.92. The van der Waals surface area contributed by atoms with E-state index in [9.17, 15) is 5.11 Å². The van der Waals surface area contributed by atoms with Crippen molar-refractivity contribution in [3.63, 3.8) is 0 Å². The number of hydrogen-bond acceptors (Lipinski definition) is 2. The molecule has 3 heteroatoms. The first kappa shape index (κ1) is 10.1. The van der Waals surface area contributed by atoms with Gasteiger partial charge >= 0.3 is 0 Å². The summed E-state index contributed by atoms with van der Waals surface area (Å²) in [4.78, 5) is 3.20. The van der Waals surface area contributed by atoms with Gasteiger partial charge in [-0.1, -0.05) is 6.92 Å². The fraction of sp³-hybridized carbons (Fsp3) is 0.333. The third-order valence-electron chi connectivity index (χ3n) is 2.57. The molecule has 0 saturated carbocycles. The molecule has 1 aromatic heterocycles. The molecule has 2 rings (SSSR count). The summed E-state index contributed by atoms with van der Waals surface area (Å²) in [6.07, 6.45) is 3.00. The van der Waals surface area contributed by atoms with Crippen LogP contribution in [0.4, 0.5) is 0 Å². The molecule has 0 atom stereocenters. The molecular weight excluding hydrogens is 188 g/mol. The molecule has 0 fully saturated rings. The van der Waals surface area contributed by atoms with Gasteiger partial charge < -0.3 is 15.4 Å². The zero-order valence-electron chi connectivity index (χ0n) is 8.88. The van der Waals surface area contributed by atoms with Crippen LogP contribution >= 0.6 is 0 Å². The van der Waals surface area contributed by atoms with Crippen molar-refractivity contribution >= 4 is 10.9 Å². The Morgan fingerprint density at radius 1 is 1.40 bits per heavy atom. The Hall–Kier alpha value is -1.48. The number of aromatic amines is 1. The Balaban J connectivity index is 2.23. The first-order valence-corrected chi connectivity index (χ1v) is 5.31. The second-order valence-corrected chi connectivity index (χ2v) is 3.65. The van der Waals surface area contributed by atoms with Gasteiger partial charge in [0.25, 0.3) is 0 Å². The van der Waals surface area contributed by atoms with Crippen molar-refractivity contribution in [2.75, 3.05) is 13.1 Å². The third-order valence-corrected chi connectivity index (χ3v) is 2.57. The number of phenolic OH excluding ortho intramolecular Hbond substituents is 1. The Morgan fingerprint density at radius 3 is 3.07 bits per heavy atom. The van der Waals surface area contributed by atoms with Crippen LogP contribution in [0.5, 0.6) is 5.75 Å². The molecule has 2 aromatic rings. The number of aromatic hydroxyl groups is 1. The number of aromatic nitrogens is 1. The Bertz CT molecular complexity index is 448. The smallest absolute Gasteiger partial charge is 0.116 e. The lowest BCUT2D eigenvalue weighted by Crippen LogP contribution is -2.15. The highest BCUT2D eigenvalue weighted by molar-refractivity contribution is 5.84. The molecule has 0 spiro atoms. The molecule has 80 valence electrons. The average Bonchev–Trinajstić information content (AvgIpc) is 2.62. The normalized spacial score (nSPS) is 11.0. The number of fused-ring (bicyclic) bond motifs is 1. The molecule has 15 heavy (non-hydrogen) atoms. The monoisotopic (exact) mass is 204 g/mol. The molecule has 0 radical (unpaired) electrons. The topological polar surface area (TPSA) is 48.0 Å². The van der Waals surface area contributed by atoms with E-state index in [0.717, 1.165) is 30.4 Å². The number of likely N-dealkylation sites (N-methyl/N-ethyl adjacent to an activating group) is 1. The number of benzene rings is 1. The van der Waals surface area contributed by atoms with Crippen LogP contribution in [0.1, 0.15) is 12.5 Å². The summed E-state index contributed by atoms with van der Waals surface area (Å²) >= 11 is 0. The second kappa shape index (κ2) is 4.36. The van der Waals surface area contributed by atoms with Gasteiger partial charge in [0.05, 0.1) is 0 Å². The standard InChI is InChI=1S/C12H16N2O/c1-2-13-6-5-9-8-14-12-4-3-10(15)7-11(9)12/h3-4,7-8,13-15H,2,5-6H2,1H3. The number of H-pyrrole nitrogens is 1. The van der Waals surface area contributed by atoms with Crippen molar-refractivity contribution in [1.29, 1.82) is 0 Å². The third kappa shape index (κ3) is 2.13. The van der Waals surface area contributed by atoms with Gasteiger partial charge in [0.1, 0.15) is 5.75 Å². The number of phenols is 1. The fourth-order valence-electron chi connectivity index (χ4n) is 1.77. The van der Waals surface area contributed by atoms with Crippen LogP contribution < -0.4 is 5.32 Å². The van der Waals surface area contributed by atoms with Crippen molar-refractivity contribution < 1.29 is 5.11 Å². The van der Waals surface area contributed by atoms with Crippen LogP contribution in [-0.4, -0.2) is 23.2 Å². The van der Waals surface area contributed by atoms with Crippen molar-refractivity contribution in [3.8, 4) is 5.75 Å². The Labute approximate surface area is 89.1 Å². The first-order chi connectivity index (χ1) is 7.31. The summed E-state index contributed by atoms with van der Waals surface area (Å²) in [6.45, 7) is 4.06. The molecule has 0 unspecified atom stereocenters. The van der Waals surface area contributed by atoms with E-state index in [1.165, 1.54) is 5.56 Å². The summed E-state index contributed by atoms with van der Waals surface area (Å²) in [7, 11) is 0. The van der Waals surface area contributed by atoms with Gasteiger partial charge in [0, 0.05) is 17.1 Å². The number of rotatable bonds is 4. The van der Waals surface area contributed by atoms with E-state index in [1.807, 2.05) is 18.3 Å². The first-order valence-electron chi connectivity index (χ1n) is 5.31. The maximum atomic E-state index is 9.42. The highest BCUT2D eigenvalue weighted by atomic mass is 16.3. The largest absolute Gasteiger partial charge is 0.508 e. The number of nitrogens with one attached hydrogen (secondary N) is 2. The molecule has 1 aromatic carbocycles. The van der Waals surface area contributed by atoms with Crippen LogP contribution in [0.15, 0.2) is 24.4 Å². The predicted octanol–water partition coefficient (Wildman–Crippen LogP) is 2.03. The predicted molar refractivity (Wildman–Crippen MR) is 62.2 cm³/mol. The van der Waals surface area contributed by atoms with Crippen molar-refractivity contribution in [2.24, 2.45) is 0 Å². The summed E-state index contributed by atoms with van der Waals surface area (Å²) in [6, 6.07) is 5.42. The summed E-state index contributed by atoms with van der Waals surface area (Å²) in [5.74, 6) is 0.326. The molecule has 0 aliphatic heterocycles. The van der Waals surface area contributed by atoms with E-state index in [0.29, 0.717) is 5.75 Å². The van der Waals surface area contributed by atoms with Crippen LogP contribution in [-0.2, 0) is 6.42 Å². The summed E-state index contributed by atoms with van der Waals surface area (Å²) < 4.78 is 0. The van der Waals surface area contributed by atoms with Gasteiger partial charge in [0.2, 0.25) is 0 Å². The summed E-state index contributed by atoms with van der Waals surface area (Å²) in [5.41, 5.74) is 2.33. The molecule has 0 bridgehead atoms. The maximum absolute atomic E-state index is 9.42. The van der Waals surface area contributed by atoms with E-state index in [4.69, 9.17) is 0 Å². The number of hydrogen-bond donors (Lipinski definition) is 3. The van der Waals surface area contributed by atoms with Gasteiger partial charge in [-0.2, -0.15) is 0 Å². The van der Waals surface area contributed by atoms with Gasteiger partial charge in [-0.05, 0) is 43.3 Å². The highest BCUT2D eigenvalue weighted by Gasteiger charge is 2.03. The molecule has 0 amide bonds. The maximum Gasteiger partial charge on any atom is 0.116 e. The van der Waals surface area contributed by atoms with Gasteiger partial charge in [-0.3, -0.25) is 0 Å². The van der Waals surface area contributed by atoms with E-state index < -0.39 is 0 Å². The van der Waals surface area contributed by atoms with Crippen molar-refractivity contribution in [1.82, 2.24) is 10.3 Å². The summed E-state index contributed by atoms with van der Waals surface area (Å²) in [5, 5.41) is 13.8. The highest BCUT2D eigenvalue weighted by Crippen LogP contribution is 2.22. The Morgan fingerprint density at radius 2 is 2.27 bits per heavy atom. The second-order valence-electron chi connectivity index (χ2n) is 3.65. The molecular formula is C12H16N2O. The van der Waals surface area contributed by atoms with E-state index in [1.54, 1.807) is 6.07 Å². The van der Waals surface area contributed by atoms with E-state index in [2.05, 4.69) is 17.2 Å². The molecule has 0 saturated heterocycles. The molecule has 0 aliphatic carbocycles. The van der Waals surface area contributed by atoms with Gasteiger partial charge in [0.15, 0.2) is 0 Å². The van der Waals surface area contributed by atoms with Crippen LogP contribution in [0.2, 0.25) is 0 Å². The fourth-order valence-corrected chi connectivity index (χ4v) is 1.77. The molecule has 1 heterocycles. The molecule has 3 N–H and O–H groups in total. The van der Waals surface area contributed by atoms with E-state index in [-0.39, 0.29) is 0 Å².